The molecule has 0 saturated heterocycles. The molecular weight excluding hydrogens is 888 g/mol. The van der Waals surface area contributed by atoms with Crippen LogP contribution in [0, 0.1) is 0 Å². The maximum atomic E-state index is 12.9. The molecule has 70 heavy (non-hydrogen) atoms. The highest BCUT2D eigenvalue weighted by Crippen LogP contribution is 2.38. The highest BCUT2D eigenvalue weighted by molar-refractivity contribution is 7.45. The van der Waals surface area contributed by atoms with Crippen molar-refractivity contribution in [3.05, 3.63) is 36.5 Å². The Hall–Kier alpha value is -1.28. The van der Waals surface area contributed by atoms with E-state index in [2.05, 4.69) is 43.5 Å². The average molecular weight is 1010 g/mol. The summed E-state index contributed by atoms with van der Waals surface area (Å²) in [6.07, 6.45) is 68.5. The van der Waals surface area contributed by atoms with E-state index in [1.54, 1.807) is 6.08 Å². The number of carbonyl (C=O) groups is 1. The van der Waals surface area contributed by atoms with Crippen molar-refractivity contribution >= 4 is 13.7 Å². The largest absolute Gasteiger partial charge is 0.756 e. The second-order valence-electron chi connectivity index (χ2n) is 22.1. The van der Waals surface area contributed by atoms with Gasteiger partial charge in [-0.2, -0.15) is 0 Å². The van der Waals surface area contributed by atoms with Crippen LogP contribution in [0.5, 0.6) is 0 Å². The summed E-state index contributed by atoms with van der Waals surface area (Å²) < 4.78 is 23.2. The van der Waals surface area contributed by atoms with Crippen molar-refractivity contribution < 1.29 is 32.9 Å². The predicted molar refractivity (Wildman–Crippen MR) is 302 cm³/mol. The van der Waals surface area contributed by atoms with Gasteiger partial charge in [0.25, 0.3) is 7.82 Å². The lowest BCUT2D eigenvalue weighted by atomic mass is 10.0. The Morgan fingerprint density at radius 2 is 0.829 bits per heavy atom. The third-order valence-electron chi connectivity index (χ3n) is 13.8. The number of aliphatic hydroxyl groups excluding tert-OH is 1. The summed E-state index contributed by atoms with van der Waals surface area (Å²) in [5.74, 6) is -0.195. The zero-order chi connectivity index (χ0) is 51.3. The molecule has 0 aromatic carbocycles. The van der Waals surface area contributed by atoms with Crippen LogP contribution < -0.4 is 10.2 Å². The van der Waals surface area contributed by atoms with Gasteiger partial charge in [-0.1, -0.05) is 275 Å². The van der Waals surface area contributed by atoms with E-state index in [9.17, 15) is 19.4 Å². The Bertz CT molecular complexity index is 1230. The summed E-state index contributed by atoms with van der Waals surface area (Å²) in [5, 5.41) is 13.8. The van der Waals surface area contributed by atoms with Crippen LogP contribution in [0.25, 0.3) is 0 Å². The zero-order valence-corrected chi connectivity index (χ0v) is 48.1. The maximum absolute atomic E-state index is 12.9. The van der Waals surface area contributed by atoms with Gasteiger partial charge in [0.15, 0.2) is 0 Å². The molecule has 0 aliphatic rings. The Labute approximate surface area is 436 Å². The summed E-state index contributed by atoms with van der Waals surface area (Å²) in [6, 6.07) is -0.882. The lowest BCUT2D eigenvalue weighted by Crippen LogP contribution is -2.45. The van der Waals surface area contributed by atoms with Crippen molar-refractivity contribution in [3.63, 3.8) is 0 Å². The van der Waals surface area contributed by atoms with Gasteiger partial charge in [0.2, 0.25) is 5.91 Å². The molecule has 8 nitrogen and oxygen atoms in total. The average Bonchev–Trinajstić information content (AvgIpc) is 3.32. The molecule has 0 rings (SSSR count). The number of nitrogens with one attached hydrogen (secondary N) is 1. The van der Waals surface area contributed by atoms with Crippen molar-refractivity contribution in [2.45, 2.75) is 309 Å². The minimum Gasteiger partial charge on any atom is -0.756 e. The molecule has 0 heterocycles. The van der Waals surface area contributed by atoms with E-state index in [0.717, 1.165) is 44.9 Å². The van der Waals surface area contributed by atoms with E-state index in [1.165, 1.54) is 231 Å². The molecule has 0 radical (unpaired) electrons. The van der Waals surface area contributed by atoms with Gasteiger partial charge in [0, 0.05) is 6.42 Å². The topological polar surface area (TPSA) is 108 Å². The fraction of sp³-hybridized carbons (Fsp3) is 0.885. The molecule has 0 fully saturated rings. The minimum absolute atomic E-state index is 0.000723. The van der Waals surface area contributed by atoms with E-state index in [4.69, 9.17) is 9.05 Å². The van der Waals surface area contributed by atoms with Gasteiger partial charge in [-0.25, -0.2) is 0 Å². The summed E-state index contributed by atoms with van der Waals surface area (Å²) >= 11 is 0. The van der Waals surface area contributed by atoms with Gasteiger partial charge in [-0.3, -0.25) is 9.36 Å². The Balaban J connectivity index is 3.78. The van der Waals surface area contributed by atoms with Gasteiger partial charge < -0.3 is 28.8 Å². The van der Waals surface area contributed by atoms with Crippen LogP contribution >= 0.6 is 7.82 Å². The quantitative estimate of drug-likeness (QED) is 0.0272. The molecule has 0 saturated carbocycles. The second kappa shape index (κ2) is 52.6. The molecule has 0 aromatic rings. The van der Waals surface area contributed by atoms with Gasteiger partial charge in [0.05, 0.1) is 39.9 Å². The monoisotopic (exact) mass is 1010 g/mol. The predicted octanol–water partition coefficient (Wildman–Crippen LogP) is 17.9. The van der Waals surface area contributed by atoms with Crippen LogP contribution in [0.2, 0.25) is 0 Å². The minimum atomic E-state index is -4.58. The first-order valence-corrected chi connectivity index (χ1v) is 31.8. The molecule has 1 amide bonds. The molecule has 0 bridgehead atoms. The zero-order valence-electron chi connectivity index (χ0n) is 47.2. The number of carbonyl (C=O) groups excluding carboxylic acids is 1. The Kier molecular flexibility index (Phi) is 51.6. The van der Waals surface area contributed by atoms with Crippen molar-refractivity contribution in [3.8, 4) is 0 Å². The number of hydrogen-bond donors (Lipinski definition) is 2. The molecule has 9 heteroatoms. The fourth-order valence-corrected chi connectivity index (χ4v) is 9.79. The number of allylic oxidation sites excluding steroid dienone is 5. The number of quaternary nitrogens is 1. The highest BCUT2D eigenvalue weighted by atomic mass is 31.2. The number of likely N-dealkylation sites (N-methyl/N-ethyl adjacent to an activating group) is 1. The Morgan fingerprint density at radius 3 is 1.19 bits per heavy atom. The lowest BCUT2D eigenvalue weighted by Gasteiger charge is -2.29. The van der Waals surface area contributed by atoms with Crippen LogP contribution in [0.3, 0.4) is 0 Å². The van der Waals surface area contributed by atoms with E-state index in [0.29, 0.717) is 17.4 Å². The van der Waals surface area contributed by atoms with Crippen LogP contribution in [-0.2, 0) is 18.4 Å². The molecule has 2 N–H and O–H groups in total. The van der Waals surface area contributed by atoms with Crippen LogP contribution in [0.15, 0.2) is 36.5 Å². The van der Waals surface area contributed by atoms with Gasteiger partial charge in [-0.15, -0.1) is 0 Å². The van der Waals surface area contributed by atoms with Crippen LogP contribution in [0.1, 0.15) is 296 Å². The molecule has 0 aliphatic carbocycles. The fourth-order valence-electron chi connectivity index (χ4n) is 9.07. The highest BCUT2D eigenvalue weighted by Gasteiger charge is 2.23. The summed E-state index contributed by atoms with van der Waals surface area (Å²) in [6.45, 7) is 4.63. The molecule has 3 atom stereocenters. The number of rotatable bonds is 56. The molecule has 0 aromatic heterocycles. The van der Waals surface area contributed by atoms with Crippen LogP contribution in [-0.4, -0.2) is 68.5 Å². The number of amides is 1. The van der Waals surface area contributed by atoms with E-state index in [1.807, 2.05) is 27.2 Å². The number of unbranched alkanes of at least 4 members (excludes halogenated alkanes) is 39. The molecule has 0 aliphatic heterocycles. The summed E-state index contributed by atoms with van der Waals surface area (Å²) in [4.78, 5) is 25.4. The van der Waals surface area contributed by atoms with Crippen molar-refractivity contribution in [2.75, 3.05) is 40.9 Å². The summed E-state index contributed by atoms with van der Waals surface area (Å²) in [7, 11) is 1.27. The summed E-state index contributed by atoms with van der Waals surface area (Å²) in [5.41, 5.74) is 0. The molecule has 0 spiro atoms. The first-order valence-electron chi connectivity index (χ1n) is 30.4. The third-order valence-corrected chi connectivity index (χ3v) is 14.8. The lowest BCUT2D eigenvalue weighted by molar-refractivity contribution is -0.870. The normalized spacial score (nSPS) is 14.1. The van der Waals surface area contributed by atoms with E-state index < -0.39 is 20.0 Å². The van der Waals surface area contributed by atoms with Crippen molar-refractivity contribution in [1.29, 1.82) is 0 Å². The molecular formula is C61H119N2O6P. The number of hydrogen-bond acceptors (Lipinski definition) is 6. The first-order chi connectivity index (χ1) is 34.0. The number of phosphoric acid groups is 1. The second-order valence-corrected chi connectivity index (χ2v) is 23.5. The number of phosphoric ester groups is 1. The standard InChI is InChI=1S/C61H119N2O6P/c1-6-8-10-12-14-16-17-18-19-20-21-22-23-24-25-26-27-28-29-30-31-32-33-34-35-36-37-38-39-40-41-42-43-44-45-47-49-51-53-55-61(65)62-59(58-69-70(66,67)68-57-56-63(3,4)5)60(64)54-52-50-48-46-15-13-11-9-7-2/h17-18,20-21,52,54,59-60,64H,6-16,19,22-51,53,55-58H2,1-5H3,(H-,62,65,66,67)/b18-17-,21-20-,54-52+. The molecule has 3 unspecified atom stereocenters. The third kappa shape index (κ3) is 54.5. The molecule has 414 valence electrons. The first kappa shape index (κ1) is 68.7. The SMILES string of the molecule is CCCCCCC/C=C\C/C=C\CCCCCCCCCCCCCCCCCCCCCCCCCCCCCC(=O)NC(COP(=O)([O-])OCC[N+](C)(C)C)C(O)/C=C/CCCCCCCCC. The van der Waals surface area contributed by atoms with Gasteiger partial charge >= 0.3 is 0 Å². The smallest absolute Gasteiger partial charge is 0.268 e. The van der Waals surface area contributed by atoms with Crippen molar-refractivity contribution in [2.24, 2.45) is 0 Å². The number of aliphatic hydroxyl groups is 1. The number of nitrogens with zero attached hydrogens (tertiary/aromatic N) is 1. The van der Waals surface area contributed by atoms with E-state index in [-0.39, 0.29) is 19.1 Å². The maximum Gasteiger partial charge on any atom is 0.268 e. The van der Waals surface area contributed by atoms with Gasteiger partial charge in [-0.05, 0) is 51.4 Å². The Morgan fingerprint density at radius 1 is 0.500 bits per heavy atom. The van der Waals surface area contributed by atoms with Crippen molar-refractivity contribution in [1.82, 2.24) is 5.32 Å². The van der Waals surface area contributed by atoms with Crippen LogP contribution in [0.4, 0.5) is 0 Å². The van der Waals surface area contributed by atoms with E-state index >= 15 is 0 Å². The van der Waals surface area contributed by atoms with Gasteiger partial charge in [0.1, 0.15) is 13.2 Å².